The third-order valence-electron chi connectivity index (χ3n) is 6.93. The number of rotatable bonds is 6. The molecule has 2 aromatic carbocycles. The number of nitrogens with zero attached hydrogens (tertiary/aromatic N) is 1. The van der Waals surface area contributed by atoms with E-state index in [1.165, 1.54) is 12.1 Å². The molecular weight excluding hydrogens is 395 g/mol. The molecule has 0 unspecified atom stereocenters. The molecule has 2 fully saturated rings. The number of para-hydroxylation sites is 1. The van der Waals surface area contributed by atoms with Crippen molar-refractivity contribution in [1.29, 1.82) is 5.26 Å². The topological polar surface area (TPSA) is 82.3 Å². The summed E-state index contributed by atoms with van der Waals surface area (Å²) in [6, 6.07) is 13.8. The molecule has 1 saturated heterocycles. The molecule has 0 amide bonds. The fourth-order valence-electron chi connectivity index (χ4n) is 5.42. The minimum Gasteiger partial charge on any atom is -0.496 e. The maximum atomic E-state index is 13.8. The van der Waals surface area contributed by atoms with Gasteiger partial charge in [-0.2, -0.15) is 5.26 Å². The largest absolute Gasteiger partial charge is 0.496 e. The first kappa shape index (κ1) is 21.5. The van der Waals surface area contributed by atoms with Crippen LogP contribution >= 0.6 is 0 Å². The highest BCUT2D eigenvalue weighted by molar-refractivity contribution is 5.84. The summed E-state index contributed by atoms with van der Waals surface area (Å²) < 4.78 is 19.3. The number of halogens is 1. The Kier molecular flexibility index (Phi) is 6.08. The molecule has 1 aliphatic carbocycles. The number of ketones is 1. The highest BCUT2D eigenvalue weighted by Crippen LogP contribution is 2.51. The van der Waals surface area contributed by atoms with Gasteiger partial charge in [-0.25, -0.2) is 4.39 Å². The Hall–Kier alpha value is -2.75. The van der Waals surface area contributed by atoms with Gasteiger partial charge in [-0.1, -0.05) is 24.3 Å². The van der Waals surface area contributed by atoms with Crippen LogP contribution in [-0.2, 0) is 23.2 Å². The quantitative estimate of drug-likeness (QED) is 0.747. The predicted octanol–water partition coefficient (Wildman–Crippen LogP) is 3.15. The first-order valence-corrected chi connectivity index (χ1v) is 10.7. The molecule has 2 aromatic rings. The zero-order valence-electron chi connectivity index (χ0n) is 17.6. The van der Waals surface area contributed by atoms with E-state index in [4.69, 9.17) is 10.00 Å². The lowest BCUT2D eigenvalue weighted by molar-refractivity contribution is -0.134. The van der Waals surface area contributed by atoms with Gasteiger partial charge in [-0.15, -0.1) is 0 Å². The average molecular weight is 423 g/mol. The van der Waals surface area contributed by atoms with E-state index >= 15 is 0 Å². The van der Waals surface area contributed by atoms with Crippen molar-refractivity contribution < 1.29 is 19.0 Å². The third kappa shape index (κ3) is 4.08. The lowest BCUT2D eigenvalue weighted by Crippen LogP contribution is -2.47. The Morgan fingerprint density at radius 2 is 2.10 bits per heavy atom. The minimum absolute atomic E-state index is 0.00355. The molecule has 31 heavy (non-hydrogen) atoms. The Bertz CT molecular complexity index is 1020. The highest BCUT2D eigenvalue weighted by Gasteiger charge is 2.52. The summed E-state index contributed by atoms with van der Waals surface area (Å²) in [6.07, 6.45) is 1.19. The molecule has 162 valence electrons. The van der Waals surface area contributed by atoms with E-state index in [1.54, 1.807) is 13.2 Å². The van der Waals surface area contributed by atoms with E-state index in [0.29, 0.717) is 41.8 Å². The maximum Gasteiger partial charge on any atom is 0.140 e. The second kappa shape index (κ2) is 8.78. The first-order valence-electron chi connectivity index (χ1n) is 10.7. The Morgan fingerprint density at radius 3 is 2.87 bits per heavy atom. The number of benzene rings is 2. The van der Waals surface area contributed by atoms with Crippen LogP contribution in [0.5, 0.6) is 5.75 Å². The molecule has 0 radical (unpaired) electrons. The highest BCUT2D eigenvalue weighted by atomic mass is 19.1. The number of fused-ring (bicyclic) bond motifs is 1. The van der Waals surface area contributed by atoms with Gasteiger partial charge < -0.3 is 15.2 Å². The van der Waals surface area contributed by atoms with Gasteiger partial charge in [0.2, 0.25) is 0 Å². The van der Waals surface area contributed by atoms with Gasteiger partial charge in [-0.3, -0.25) is 4.79 Å². The van der Waals surface area contributed by atoms with Gasteiger partial charge in [0.15, 0.2) is 0 Å². The molecule has 6 heteroatoms. The summed E-state index contributed by atoms with van der Waals surface area (Å²) in [5.74, 6) is -0.0125. The molecule has 0 spiro atoms. The zero-order valence-corrected chi connectivity index (χ0v) is 17.6. The molecule has 5 nitrogen and oxygen atoms in total. The van der Waals surface area contributed by atoms with Crippen LogP contribution < -0.4 is 10.1 Å². The Balaban J connectivity index is 1.64. The number of carbonyl (C=O) groups excluding carboxylic acids is 1. The SMILES string of the molecule is COc1ccccc1[C@]1(O)C[C@@H](C(=O)Cc2cc(F)ccc2CC#N)C[C@H]2CNC[C@H]21. The lowest BCUT2D eigenvalue weighted by atomic mass is 9.62. The number of hydrogen-bond donors (Lipinski definition) is 2. The number of nitrogens with one attached hydrogen (secondary N) is 1. The third-order valence-corrected chi connectivity index (χ3v) is 6.93. The number of carbonyl (C=O) groups is 1. The number of ether oxygens (including phenoxy) is 1. The van der Waals surface area contributed by atoms with Crippen LogP contribution in [0.2, 0.25) is 0 Å². The number of Topliss-reactive ketones (excluding diaryl/α,β-unsaturated/α-hetero) is 1. The summed E-state index contributed by atoms with van der Waals surface area (Å²) >= 11 is 0. The minimum atomic E-state index is -1.18. The van der Waals surface area contributed by atoms with Crippen molar-refractivity contribution in [3.63, 3.8) is 0 Å². The van der Waals surface area contributed by atoms with E-state index in [-0.39, 0.29) is 36.4 Å². The normalized spacial score (nSPS) is 27.4. The summed E-state index contributed by atoms with van der Waals surface area (Å²) in [6.45, 7) is 1.45. The summed E-state index contributed by atoms with van der Waals surface area (Å²) in [5.41, 5.74) is 0.758. The van der Waals surface area contributed by atoms with Crippen molar-refractivity contribution in [3.05, 3.63) is 65.0 Å². The molecule has 4 atom stereocenters. The second-order valence-electron chi connectivity index (χ2n) is 8.68. The molecule has 2 N–H and O–H groups in total. The van der Waals surface area contributed by atoms with Crippen LogP contribution in [0.1, 0.15) is 29.5 Å². The number of methoxy groups -OCH3 is 1. The van der Waals surface area contributed by atoms with Crippen molar-refractivity contribution in [2.24, 2.45) is 17.8 Å². The van der Waals surface area contributed by atoms with E-state index in [1.807, 2.05) is 24.3 Å². The van der Waals surface area contributed by atoms with Crippen LogP contribution in [-0.4, -0.2) is 31.1 Å². The van der Waals surface area contributed by atoms with E-state index in [0.717, 1.165) is 6.54 Å². The molecule has 2 aliphatic rings. The van der Waals surface area contributed by atoms with Gasteiger partial charge >= 0.3 is 0 Å². The van der Waals surface area contributed by atoms with Crippen molar-refractivity contribution in [1.82, 2.24) is 5.32 Å². The van der Waals surface area contributed by atoms with Crippen LogP contribution in [0.15, 0.2) is 42.5 Å². The van der Waals surface area contributed by atoms with E-state index in [9.17, 15) is 14.3 Å². The van der Waals surface area contributed by atoms with Crippen LogP contribution in [0.25, 0.3) is 0 Å². The number of nitriles is 1. The van der Waals surface area contributed by atoms with Crippen molar-refractivity contribution in [2.45, 2.75) is 31.3 Å². The van der Waals surface area contributed by atoms with Crippen molar-refractivity contribution in [2.75, 3.05) is 20.2 Å². The predicted molar refractivity (Wildman–Crippen MR) is 114 cm³/mol. The number of hydrogen-bond acceptors (Lipinski definition) is 5. The van der Waals surface area contributed by atoms with Crippen LogP contribution in [0.3, 0.4) is 0 Å². The van der Waals surface area contributed by atoms with Gasteiger partial charge in [0, 0.05) is 30.4 Å². The molecule has 0 bridgehead atoms. The summed E-state index contributed by atoms with van der Waals surface area (Å²) in [5, 5.41) is 24.4. The Morgan fingerprint density at radius 1 is 1.29 bits per heavy atom. The van der Waals surface area contributed by atoms with Crippen molar-refractivity contribution >= 4 is 5.78 Å². The molecule has 1 saturated carbocycles. The van der Waals surface area contributed by atoms with Gasteiger partial charge in [0.1, 0.15) is 17.3 Å². The summed E-state index contributed by atoms with van der Waals surface area (Å²) in [4.78, 5) is 13.3. The maximum absolute atomic E-state index is 13.8. The van der Waals surface area contributed by atoms with Gasteiger partial charge in [-0.05, 0) is 54.6 Å². The lowest BCUT2D eigenvalue weighted by Gasteiger charge is -2.45. The van der Waals surface area contributed by atoms with E-state index < -0.39 is 11.4 Å². The zero-order chi connectivity index (χ0) is 22.0. The molecule has 4 rings (SSSR count). The molecule has 1 aliphatic heterocycles. The Labute approximate surface area is 181 Å². The van der Waals surface area contributed by atoms with E-state index in [2.05, 4.69) is 11.4 Å². The molecular formula is C25H27FN2O3. The molecule has 0 aromatic heterocycles. The monoisotopic (exact) mass is 422 g/mol. The fourth-order valence-corrected chi connectivity index (χ4v) is 5.42. The summed E-state index contributed by atoms with van der Waals surface area (Å²) in [7, 11) is 1.58. The van der Waals surface area contributed by atoms with Gasteiger partial charge in [0.05, 0.1) is 25.2 Å². The van der Waals surface area contributed by atoms with Gasteiger partial charge in [0.25, 0.3) is 0 Å². The molecule has 1 heterocycles. The second-order valence-corrected chi connectivity index (χ2v) is 8.68. The smallest absolute Gasteiger partial charge is 0.140 e. The fraction of sp³-hybridized carbons (Fsp3) is 0.440. The number of aliphatic hydroxyl groups is 1. The van der Waals surface area contributed by atoms with Crippen LogP contribution in [0.4, 0.5) is 4.39 Å². The average Bonchev–Trinajstić information content (AvgIpc) is 3.25. The standard InChI is InChI=1S/C25H27FN2O3/c1-31-24-5-3-2-4-21(24)25(30)13-18(10-19-14-28-15-22(19)25)23(29)12-17-11-20(26)7-6-16(17)8-9-27/h2-7,11,18-19,22,28,30H,8,10,12-15H2,1H3/t18-,19-,22+,25+/m0/s1. The van der Waals surface area contributed by atoms with Crippen molar-refractivity contribution in [3.8, 4) is 11.8 Å². The van der Waals surface area contributed by atoms with Crippen LogP contribution in [0, 0.1) is 34.9 Å². The first-order chi connectivity index (χ1) is 15.0.